The molecular weight excluding hydrogens is 368 g/mol. The molecule has 0 radical (unpaired) electrons. The van der Waals surface area contributed by atoms with Gasteiger partial charge in [-0.05, 0) is 91.4 Å². The highest BCUT2D eigenvalue weighted by Crippen LogP contribution is 2.64. The minimum absolute atomic E-state index is 0.0765. The third kappa shape index (κ3) is 3.38. The minimum Gasteiger partial charge on any atom is -0.393 e. The van der Waals surface area contributed by atoms with Crippen LogP contribution in [0.1, 0.15) is 86.5 Å². The highest BCUT2D eigenvalue weighted by Gasteiger charge is 2.55. The molecule has 0 aromatic carbocycles. The second-order valence-corrected chi connectivity index (χ2v) is 11.7. The largest absolute Gasteiger partial charge is 0.393 e. The van der Waals surface area contributed by atoms with Crippen molar-refractivity contribution in [2.45, 2.75) is 92.6 Å². The molecule has 0 heterocycles. The van der Waals surface area contributed by atoms with E-state index in [2.05, 4.69) is 53.7 Å². The van der Waals surface area contributed by atoms with Gasteiger partial charge >= 0.3 is 0 Å². The molecule has 166 valence electrons. The van der Waals surface area contributed by atoms with E-state index in [1.807, 2.05) is 6.08 Å². The molecule has 2 fully saturated rings. The molecule has 0 bridgehead atoms. The molecule has 2 saturated carbocycles. The first kappa shape index (κ1) is 22.1. The first-order valence-corrected chi connectivity index (χ1v) is 12.4. The number of carbonyl (C=O) groups excluding carboxylic acids is 1. The van der Waals surface area contributed by atoms with Crippen LogP contribution >= 0.6 is 0 Å². The number of ketones is 1. The maximum atomic E-state index is 13.4. The first-order chi connectivity index (χ1) is 14.1. The standard InChI is InChI=1S/C28H42O2/c1-17(2)18(3)7-8-19(4)22-9-10-23-26-24(12-14-28(22,23)6)27(5)13-11-21(29)15-20(27)16-25(26)30/h7-8,16-19,21-22,24,29H,9-15H2,1-6H3/b8-7+/t18-,19?,21-,22+,24?,27-,28+/m0/s1. The fourth-order valence-electron chi connectivity index (χ4n) is 7.29. The van der Waals surface area contributed by atoms with Gasteiger partial charge in [-0.3, -0.25) is 4.79 Å². The van der Waals surface area contributed by atoms with Gasteiger partial charge < -0.3 is 5.11 Å². The molecule has 0 saturated heterocycles. The van der Waals surface area contributed by atoms with Gasteiger partial charge in [0.2, 0.25) is 0 Å². The van der Waals surface area contributed by atoms with Crippen molar-refractivity contribution in [2.75, 3.05) is 0 Å². The molecule has 30 heavy (non-hydrogen) atoms. The third-order valence-corrected chi connectivity index (χ3v) is 9.77. The van der Waals surface area contributed by atoms with E-state index < -0.39 is 0 Å². The Kier molecular flexibility index (Phi) is 5.71. The number of rotatable bonds is 4. The van der Waals surface area contributed by atoms with Gasteiger partial charge in [0.1, 0.15) is 0 Å². The van der Waals surface area contributed by atoms with E-state index in [1.165, 1.54) is 29.6 Å². The molecule has 0 aliphatic heterocycles. The Hall–Kier alpha value is -1.15. The van der Waals surface area contributed by atoms with Crippen molar-refractivity contribution in [3.8, 4) is 0 Å². The van der Waals surface area contributed by atoms with Crippen LogP contribution in [0.25, 0.3) is 0 Å². The smallest absolute Gasteiger partial charge is 0.182 e. The van der Waals surface area contributed by atoms with Crippen LogP contribution in [0.15, 0.2) is 34.9 Å². The van der Waals surface area contributed by atoms with Gasteiger partial charge in [0.05, 0.1) is 6.10 Å². The number of hydrogen-bond donors (Lipinski definition) is 1. The van der Waals surface area contributed by atoms with Gasteiger partial charge in [0, 0.05) is 5.57 Å². The lowest BCUT2D eigenvalue weighted by Gasteiger charge is -2.52. The number of allylic oxidation sites excluding steroid dienone is 5. The average Bonchev–Trinajstić information content (AvgIpc) is 3.04. The predicted molar refractivity (Wildman–Crippen MR) is 124 cm³/mol. The molecule has 0 amide bonds. The summed E-state index contributed by atoms with van der Waals surface area (Å²) in [5, 5.41) is 10.2. The molecule has 2 unspecified atom stereocenters. The normalized spacial score (nSPS) is 40.9. The van der Waals surface area contributed by atoms with E-state index in [1.54, 1.807) is 0 Å². The Morgan fingerprint density at radius 2 is 1.73 bits per heavy atom. The number of aliphatic hydroxyl groups excluding tert-OH is 1. The maximum absolute atomic E-state index is 13.4. The fourth-order valence-corrected chi connectivity index (χ4v) is 7.29. The molecular formula is C28H42O2. The Morgan fingerprint density at radius 3 is 2.43 bits per heavy atom. The number of hydrogen-bond acceptors (Lipinski definition) is 2. The summed E-state index contributed by atoms with van der Waals surface area (Å²) in [6, 6.07) is 0. The quantitative estimate of drug-likeness (QED) is 0.527. The van der Waals surface area contributed by atoms with Crippen molar-refractivity contribution < 1.29 is 9.90 Å². The van der Waals surface area contributed by atoms with Crippen LogP contribution < -0.4 is 0 Å². The first-order valence-electron chi connectivity index (χ1n) is 12.4. The van der Waals surface area contributed by atoms with Crippen LogP contribution in [0, 0.1) is 40.4 Å². The summed E-state index contributed by atoms with van der Waals surface area (Å²) in [5.41, 5.74) is 4.14. The summed E-state index contributed by atoms with van der Waals surface area (Å²) in [5.74, 6) is 3.11. The highest BCUT2D eigenvalue weighted by atomic mass is 16.3. The lowest BCUT2D eigenvalue weighted by molar-refractivity contribution is -0.113. The molecule has 4 aliphatic carbocycles. The van der Waals surface area contributed by atoms with E-state index >= 15 is 0 Å². The van der Waals surface area contributed by atoms with Crippen molar-refractivity contribution in [2.24, 2.45) is 40.4 Å². The van der Waals surface area contributed by atoms with Crippen LogP contribution in [-0.2, 0) is 4.79 Å². The van der Waals surface area contributed by atoms with Crippen LogP contribution in [0.2, 0.25) is 0 Å². The molecule has 7 atom stereocenters. The second kappa shape index (κ2) is 7.76. The molecule has 2 nitrogen and oxygen atoms in total. The minimum atomic E-state index is -0.267. The monoisotopic (exact) mass is 410 g/mol. The number of fused-ring (bicyclic) bond motifs is 4. The van der Waals surface area contributed by atoms with Crippen molar-refractivity contribution in [3.05, 3.63) is 34.9 Å². The van der Waals surface area contributed by atoms with Gasteiger partial charge in [-0.2, -0.15) is 0 Å². The molecule has 1 N–H and O–H groups in total. The Morgan fingerprint density at radius 1 is 1.03 bits per heavy atom. The lowest BCUT2D eigenvalue weighted by atomic mass is 9.51. The van der Waals surface area contributed by atoms with Gasteiger partial charge in [-0.1, -0.05) is 64.8 Å². The van der Waals surface area contributed by atoms with Crippen molar-refractivity contribution in [3.63, 3.8) is 0 Å². The van der Waals surface area contributed by atoms with Gasteiger partial charge in [-0.15, -0.1) is 0 Å². The van der Waals surface area contributed by atoms with Crippen LogP contribution in [0.3, 0.4) is 0 Å². The van der Waals surface area contributed by atoms with Crippen LogP contribution in [0.4, 0.5) is 0 Å². The summed E-state index contributed by atoms with van der Waals surface area (Å²) in [4.78, 5) is 13.4. The van der Waals surface area contributed by atoms with E-state index in [0.717, 1.165) is 25.7 Å². The van der Waals surface area contributed by atoms with Crippen LogP contribution in [-0.4, -0.2) is 17.0 Å². The summed E-state index contributed by atoms with van der Waals surface area (Å²) >= 11 is 0. The molecule has 2 heteroatoms. The SMILES string of the molecule is CC(/C=C/[C@H](C)C(C)C)[C@H]1CCC2=C3C(=O)C=C4C[C@@H](O)CC[C@]4(C)C3CC[C@@]21C. The average molecular weight is 411 g/mol. The summed E-state index contributed by atoms with van der Waals surface area (Å²) in [6.45, 7) is 14.1. The van der Waals surface area contributed by atoms with E-state index in [4.69, 9.17) is 0 Å². The molecule has 0 aromatic heterocycles. The van der Waals surface area contributed by atoms with Crippen LogP contribution in [0.5, 0.6) is 0 Å². The number of aliphatic hydroxyl groups is 1. The van der Waals surface area contributed by atoms with Gasteiger partial charge in [0.15, 0.2) is 5.78 Å². The zero-order valence-electron chi connectivity index (χ0n) is 20.0. The van der Waals surface area contributed by atoms with E-state index in [-0.39, 0.29) is 22.7 Å². The van der Waals surface area contributed by atoms with Crippen molar-refractivity contribution in [1.82, 2.24) is 0 Å². The molecule has 0 aromatic rings. The summed E-state index contributed by atoms with van der Waals surface area (Å²) in [7, 11) is 0. The molecule has 0 spiro atoms. The molecule has 4 aliphatic rings. The van der Waals surface area contributed by atoms with Crippen molar-refractivity contribution in [1.29, 1.82) is 0 Å². The third-order valence-electron chi connectivity index (χ3n) is 9.77. The second-order valence-electron chi connectivity index (χ2n) is 11.7. The summed E-state index contributed by atoms with van der Waals surface area (Å²) in [6.07, 6.45) is 13.8. The predicted octanol–water partition coefficient (Wildman–Crippen LogP) is 6.65. The zero-order valence-corrected chi connectivity index (χ0v) is 20.0. The maximum Gasteiger partial charge on any atom is 0.182 e. The highest BCUT2D eigenvalue weighted by molar-refractivity contribution is 6.07. The van der Waals surface area contributed by atoms with E-state index in [9.17, 15) is 9.90 Å². The number of carbonyl (C=O) groups is 1. The Bertz CT molecular complexity index is 799. The lowest BCUT2D eigenvalue weighted by Crippen LogP contribution is -2.45. The van der Waals surface area contributed by atoms with Crippen molar-refractivity contribution >= 4 is 5.78 Å². The topological polar surface area (TPSA) is 37.3 Å². The fraction of sp³-hybridized carbons (Fsp3) is 0.750. The summed E-state index contributed by atoms with van der Waals surface area (Å²) < 4.78 is 0. The van der Waals surface area contributed by atoms with Gasteiger partial charge in [-0.25, -0.2) is 0 Å². The Balaban J connectivity index is 1.66. The Labute approximate surface area is 183 Å². The van der Waals surface area contributed by atoms with Gasteiger partial charge in [0.25, 0.3) is 0 Å². The molecule has 4 rings (SSSR count). The zero-order chi connectivity index (χ0) is 21.8. The van der Waals surface area contributed by atoms with E-state index in [0.29, 0.717) is 36.0 Å².